The summed E-state index contributed by atoms with van der Waals surface area (Å²) in [7, 11) is 0. The molecule has 2 aromatic rings. The van der Waals surface area contributed by atoms with E-state index in [2.05, 4.69) is 18.0 Å². The van der Waals surface area contributed by atoms with Gasteiger partial charge in [0, 0.05) is 11.3 Å². The van der Waals surface area contributed by atoms with E-state index in [-0.39, 0.29) is 5.91 Å². The normalized spacial score (nSPS) is 9.71. The molecule has 0 unspecified atom stereocenters. The van der Waals surface area contributed by atoms with Crippen molar-refractivity contribution in [3.63, 3.8) is 0 Å². The zero-order chi connectivity index (χ0) is 15.2. The van der Waals surface area contributed by atoms with Crippen molar-refractivity contribution in [2.45, 2.75) is 13.3 Å². The van der Waals surface area contributed by atoms with Gasteiger partial charge in [-0.1, -0.05) is 43.8 Å². The number of nitrogens with zero attached hydrogens (tertiary/aromatic N) is 1. The van der Waals surface area contributed by atoms with E-state index in [1.807, 2.05) is 31.2 Å². The maximum absolute atomic E-state index is 12.4. The zero-order valence-electron chi connectivity index (χ0n) is 11.9. The highest BCUT2D eigenvalue weighted by Gasteiger charge is 2.11. The summed E-state index contributed by atoms with van der Waals surface area (Å²) in [4.78, 5) is 12.4. The standard InChI is InChI=1S/C18H16N2O/c1-3-14-7-5-6-8-16(14)18(21)20-17-11-13(12-19)9-10-15(17)4-2/h3,5-11H,1,4H2,2H3,(H,20,21). The summed E-state index contributed by atoms with van der Waals surface area (Å²) in [5, 5.41) is 11.9. The average molecular weight is 276 g/mol. The minimum absolute atomic E-state index is 0.199. The van der Waals surface area contributed by atoms with Gasteiger partial charge in [-0.25, -0.2) is 0 Å². The van der Waals surface area contributed by atoms with Crippen LogP contribution in [0.5, 0.6) is 0 Å². The van der Waals surface area contributed by atoms with Gasteiger partial charge in [0.25, 0.3) is 5.91 Å². The minimum Gasteiger partial charge on any atom is -0.322 e. The van der Waals surface area contributed by atoms with E-state index in [0.717, 1.165) is 17.5 Å². The third kappa shape index (κ3) is 3.18. The zero-order valence-corrected chi connectivity index (χ0v) is 11.9. The molecule has 3 heteroatoms. The van der Waals surface area contributed by atoms with Crippen molar-refractivity contribution in [2.24, 2.45) is 0 Å². The van der Waals surface area contributed by atoms with Gasteiger partial charge >= 0.3 is 0 Å². The summed E-state index contributed by atoms with van der Waals surface area (Å²) >= 11 is 0. The molecule has 0 spiro atoms. The van der Waals surface area contributed by atoms with Crippen LogP contribution in [0.4, 0.5) is 5.69 Å². The second kappa shape index (κ2) is 6.53. The first-order valence-corrected chi connectivity index (χ1v) is 6.75. The van der Waals surface area contributed by atoms with Crippen LogP contribution in [0, 0.1) is 11.3 Å². The molecule has 2 rings (SSSR count). The van der Waals surface area contributed by atoms with Crippen molar-refractivity contribution in [3.8, 4) is 6.07 Å². The fraction of sp³-hybridized carbons (Fsp3) is 0.111. The summed E-state index contributed by atoms with van der Waals surface area (Å²) in [5.41, 5.74) is 3.56. The Morgan fingerprint density at radius 1 is 1.33 bits per heavy atom. The number of benzene rings is 2. The van der Waals surface area contributed by atoms with E-state index in [9.17, 15) is 4.79 Å². The molecule has 3 nitrogen and oxygen atoms in total. The molecule has 1 amide bonds. The average Bonchev–Trinajstić information content (AvgIpc) is 2.54. The van der Waals surface area contributed by atoms with Crippen LogP contribution >= 0.6 is 0 Å². The van der Waals surface area contributed by atoms with Gasteiger partial charge in [0.1, 0.15) is 0 Å². The maximum Gasteiger partial charge on any atom is 0.256 e. The van der Waals surface area contributed by atoms with Gasteiger partial charge in [-0.2, -0.15) is 5.26 Å². The highest BCUT2D eigenvalue weighted by Crippen LogP contribution is 2.20. The molecule has 0 atom stereocenters. The van der Waals surface area contributed by atoms with Crippen LogP contribution in [0.2, 0.25) is 0 Å². The molecule has 0 saturated carbocycles. The molecular weight excluding hydrogens is 260 g/mol. The first kappa shape index (κ1) is 14.5. The lowest BCUT2D eigenvalue weighted by Gasteiger charge is -2.11. The first-order chi connectivity index (χ1) is 10.2. The third-order valence-corrected chi connectivity index (χ3v) is 3.29. The predicted octanol–water partition coefficient (Wildman–Crippen LogP) is 4.02. The van der Waals surface area contributed by atoms with Crippen LogP contribution in [-0.2, 0) is 6.42 Å². The Labute approximate surface area is 124 Å². The number of nitrogens with one attached hydrogen (secondary N) is 1. The lowest BCUT2D eigenvalue weighted by atomic mass is 10.0. The Bertz CT molecular complexity index is 726. The van der Waals surface area contributed by atoms with Gasteiger partial charge in [-0.05, 0) is 35.7 Å². The smallest absolute Gasteiger partial charge is 0.256 e. The number of nitriles is 1. The highest BCUT2D eigenvalue weighted by molar-refractivity contribution is 6.07. The third-order valence-electron chi connectivity index (χ3n) is 3.29. The van der Waals surface area contributed by atoms with Crippen LogP contribution < -0.4 is 5.32 Å². The van der Waals surface area contributed by atoms with E-state index < -0.39 is 0 Å². The van der Waals surface area contributed by atoms with Crippen LogP contribution in [0.1, 0.15) is 34.0 Å². The van der Waals surface area contributed by atoms with Gasteiger partial charge < -0.3 is 5.32 Å². The SMILES string of the molecule is C=Cc1ccccc1C(=O)Nc1cc(C#N)ccc1CC. The van der Waals surface area contributed by atoms with Crippen LogP contribution in [0.3, 0.4) is 0 Å². The monoisotopic (exact) mass is 276 g/mol. The molecular formula is C18H16N2O. The van der Waals surface area contributed by atoms with Gasteiger partial charge in [-0.15, -0.1) is 0 Å². The Balaban J connectivity index is 2.35. The molecule has 0 radical (unpaired) electrons. The van der Waals surface area contributed by atoms with E-state index in [4.69, 9.17) is 5.26 Å². The molecule has 0 saturated heterocycles. The first-order valence-electron chi connectivity index (χ1n) is 6.75. The van der Waals surface area contributed by atoms with E-state index in [1.54, 1.807) is 24.3 Å². The molecule has 0 heterocycles. The summed E-state index contributed by atoms with van der Waals surface area (Å²) in [6.07, 6.45) is 2.44. The van der Waals surface area contributed by atoms with Crippen molar-refractivity contribution in [2.75, 3.05) is 5.32 Å². The number of anilines is 1. The van der Waals surface area contributed by atoms with Crippen molar-refractivity contribution in [3.05, 3.63) is 71.3 Å². The summed E-state index contributed by atoms with van der Waals surface area (Å²) < 4.78 is 0. The van der Waals surface area contributed by atoms with Crippen LogP contribution in [0.25, 0.3) is 6.08 Å². The number of amides is 1. The molecule has 0 aliphatic carbocycles. The second-order valence-electron chi connectivity index (χ2n) is 4.58. The molecule has 1 N–H and O–H groups in total. The minimum atomic E-state index is -0.199. The lowest BCUT2D eigenvalue weighted by molar-refractivity contribution is 0.102. The summed E-state index contributed by atoms with van der Waals surface area (Å²) in [5.74, 6) is -0.199. The molecule has 2 aromatic carbocycles. The molecule has 0 aliphatic rings. The number of hydrogen-bond donors (Lipinski definition) is 1. The number of carbonyl (C=O) groups excluding carboxylic acids is 1. The van der Waals surface area contributed by atoms with Gasteiger partial charge in [-0.3, -0.25) is 4.79 Å². The van der Waals surface area contributed by atoms with Crippen LogP contribution in [0.15, 0.2) is 49.0 Å². The Hall–Kier alpha value is -2.86. The fourth-order valence-corrected chi connectivity index (χ4v) is 2.14. The van der Waals surface area contributed by atoms with E-state index in [0.29, 0.717) is 16.8 Å². The van der Waals surface area contributed by atoms with E-state index in [1.165, 1.54) is 0 Å². The van der Waals surface area contributed by atoms with Gasteiger partial charge in [0.15, 0.2) is 0 Å². The van der Waals surface area contributed by atoms with Crippen LogP contribution in [-0.4, -0.2) is 5.91 Å². The molecule has 21 heavy (non-hydrogen) atoms. The van der Waals surface area contributed by atoms with Gasteiger partial charge in [0.05, 0.1) is 11.6 Å². The van der Waals surface area contributed by atoms with Crippen molar-refractivity contribution in [1.29, 1.82) is 5.26 Å². The number of rotatable bonds is 4. The quantitative estimate of drug-likeness (QED) is 0.917. The van der Waals surface area contributed by atoms with Crippen molar-refractivity contribution >= 4 is 17.7 Å². The number of aryl methyl sites for hydroxylation is 1. The Morgan fingerprint density at radius 2 is 2.10 bits per heavy atom. The maximum atomic E-state index is 12.4. The highest BCUT2D eigenvalue weighted by atomic mass is 16.1. The Kier molecular flexibility index (Phi) is 4.53. The molecule has 0 aliphatic heterocycles. The lowest BCUT2D eigenvalue weighted by Crippen LogP contribution is -2.14. The molecule has 0 fully saturated rings. The number of carbonyl (C=O) groups is 1. The molecule has 0 aromatic heterocycles. The van der Waals surface area contributed by atoms with Crippen molar-refractivity contribution in [1.82, 2.24) is 0 Å². The topological polar surface area (TPSA) is 52.9 Å². The van der Waals surface area contributed by atoms with Crippen molar-refractivity contribution < 1.29 is 4.79 Å². The largest absolute Gasteiger partial charge is 0.322 e. The van der Waals surface area contributed by atoms with E-state index >= 15 is 0 Å². The molecule has 0 bridgehead atoms. The summed E-state index contributed by atoms with van der Waals surface area (Å²) in [6.45, 7) is 5.73. The predicted molar refractivity (Wildman–Crippen MR) is 85.0 cm³/mol. The summed E-state index contributed by atoms with van der Waals surface area (Å²) in [6, 6.07) is 14.7. The Morgan fingerprint density at radius 3 is 2.76 bits per heavy atom. The number of hydrogen-bond acceptors (Lipinski definition) is 2. The molecule has 104 valence electrons. The van der Waals surface area contributed by atoms with Gasteiger partial charge in [0.2, 0.25) is 0 Å². The fourth-order valence-electron chi connectivity index (χ4n) is 2.14. The second-order valence-corrected chi connectivity index (χ2v) is 4.58.